The van der Waals surface area contributed by atoms with E-state index in [0.717, 1.165) is 12.1 Å². The van der Waals surface area contributed by atoms with Crippen molar-refractivity contribution < 1.29 is 0 Å². The van der Waals surface area contributed by atoms with E-state index in [-0.39, 0.29) is 11.5 Å². The summed E-state index contributed by atoms with van der Waals surface area (Å²) in [5, 5.41) is 0. The van der Waals surface area contributed by atoms with Gasteiger partial charge in [0.05, 0.1) is 17.9 Å². The van der Waals surface area contributed by atoms with E-state index in [9.17, 15) is 0 Å². The van der Waals surface area contributed by atoms with Gasteiger partial charge in [-0.25, -0.2) is 0 Å². The maximum atomic E-state index is 5.49. The Kier molecular flexibility index (Phi) is 3.55. The predicted octanol–water partition coefficient (Wildman–Crippen LogP) is 1.42. The van der Waals surface area contributed by atoms with Gasteiger partial charge in [0.2, 0.25) is 0 Å². The van der Waals surface area contributed by atoms with Crippen LogP contribution in [-0.4, -0.2) is 9.97 Å². The van der Waals surface area contributed by atoms with Crippen LogP contribution in [0.15, 0.2) is 18.6 Å². The zero-order valence-corrected chi connectivity index (χ0v) is 8.99. The lowest BCUT2D eigenvalue weighted by atomic mass is 9.87. The molecule has 0 aliphatic rings. The third kappa shape index (κ3) is 3.40. The summed E-state index contributed by atoms with van der Waals surface area (Å²) in [4.78, 5) is 8.25. The van der Waals surface area contributed by atoms with Crippen molar-refractivity contribution in [3.63, 3.8) is 0 Å². The quantitative estimate of drug-likeness (QED) is 0.564. The van der Waals surface area contributed by atoms with Gasteiger partial charge in [-0.05, 0) is 11.8 Å². The number of hydrogen-bond donors (Lipinski definition) is 2. The molecule has 4 heteroatoms. The summed E-state index contributed by atoms with van der Waals surface area (Å²) < 4.78 is 0. The summed E-state index contributed by atoms with van der Waals surface area (Å²) in [5.41, 5.74) is 3.88. The molecule has 0 radical (unpaired) electrons. The lowest BCUT2D eigenvalue weighted by molar-refractivity contribution is 0.309. The highest BCUT2D eigenvalue weighted by molar-refractivity contribution is 5.02. The molecule has 0 aliphatic carbocycles. The molecule has 1 aromatic rings. The van der Waals surface area contributed by atoms with Crippen molar-refractivity contribution in [3.8, 4) is 0 Å². The number of aromatic nitrogens is 2. The summed E-state index contributed by atoms with van der Waals surface area (Å²) in [5.74, 6) is 5.49. The Morgan fingerprint density at radius 1 is 1.43 bits per heavy atom. The summed E-state index contributed by atoms with van der Waals surface area (Å²) in [6.07, 6.45) is 6.02. The molecule has 1 aromatic heterocycles. The predicted molar refractivity (Wildman–Crippen MR) is 56.2 cm³/mol. The van der Waals surface area contributed by atoms with Gasteiger partial charge in [0.15, 0.2) is 0 Å². The second-order valence-corrected chi connectivity index (χ2v) is 4.61. The first kappa shape index (κ1) is 11.1. The monoisotopic (exact) mass is 194 g/mol. The van der Waals surface area contributed by atoms with Gasteiger partial charge in [-0.15, -0.1) is 0 Å². The second kappa shape index (κ2) is 4.48. The van der Waals surface area contributed by atoms with Gasteiger partial charge in [-0.1, -0.05) is 20.8 Å². The van der Waals surface area contributed by atoms with Crippen LogP contribution < -0.4 is 11.3 Å². The molecule has 0 saturated heterocycles. The first-order valence-corrected chi connectivity index (χ1v) is 4.75. The smallest absolute Gasteiger partial charge is 0.0769 e. The highest BCUT2D eigenvalue weighted by atomic mass is 15.2. The fourth-order valence-electron chi connectivity index (χ4n) is 1.35. The van der Waals surface area contributed by atoms with Crippen LogP contribution >= 0.6 is 0 Å². The molecule has 1 heterocycles. The summed E-state index contributed by atoms with van der Waals surface area (Å²) in [6.45, 7) is 6.52. The van der Waals surface area contributed by atoms with Gasteiger partial charge in [-0.2, -0.15) is 0 Å². The van der Waals surface area contributed by atoms with Gasteiger partial charge in [0, 0.05) is 12.4 Å². The number of nitrogens with two attached hydrogens (primary N) is 1. The van der Waals surface area contributed by atoms with Crippen molar-refractivity contribution in [1.29, 1.82) is 0 Å². The first-order valence-electron chi connectivity index (χ1n) is 4.75. The number of hydrazine groups is 1. The van der Waals surface area contributed by atoms with Crippen LogP contribution in [0, 0.1) is 5.41 Å². The van der Waals surface area contributed by atoms with Gasteiger partial charge >= 0.3 is 0 Å². The SMILES string of the molecule is CC(C)(C)CC(NN)c1cnccn1. The molecule has 1 unspecified atom stereocenters. The molecule has 0 aliphatic heterocycles. The maximum Gasteiger partial charge on any atom is 0.0769 e. The summed E-state index contributed by atoms with van der Waals surface area (Å²) >= 11 is 0. The Hall–Kier alpha value is -1.00. The maximum absolute atomic E-state index is 5.49. The van der Waals surface area contributed by atoms with Crippen LogP contribution in [0.3, 0.4) is 0 Å². The average molecular weight is 194 g/mol. The van der Waals surface area contributed by atoms with Gasteiger partial charge < -0.3 is 0 Å². The summed E-state index contributed by atoms with van der Waals surface area (Å²) in [6, 6.07) is 0.0729. The minimum absolute atomic E-state index is 0.0729. The fourth-order valence-corrected chi connectivity index (χ4v) is 1.35. The van der Waals surface area contributed by atoms with Crippen LogP contribution in [0.5, 0.6) is 0 Å². The zero-order valence-electron chi connectivity index (χ0n) is 8.99. The molecular weight excluding hydrogens is 176 g/mol. The molecule has 0 bridgehead atoms. The van der Waals surface area contributed by atoms with Gasteiger partial charge in [0.25, 0.3) is 0 Å². The number of rotatable bonds is 3. The number of nitrogens with one attached hydrogen (secondary N) is 1. The van der Waals surface area contributed by atoms with E-state index in [1.54, 1.807) is 18.6 Å². The lowest BCUT2D eigenvalue weighted by Gasteiger charge is -2.24. The van der Waals surface area contributed by atoms with Crippen LogP contribution in [0.1, 0.15) is 38.9 Å². The topological polar surface area (TPSA) is 63.8 Å². The van der Waals surface area contributed by atoms with Crippen molar-refractivity contribution in [2.45, 2.75) is 33.2 Å². The Bertz CT molecular complexity index is 265. The fraction of sp³-hybridized carbons (Fsp3) is 0.600. The highest BCUT2D eigenvalue weighted by Crippen LogP contribution is 2.27. The second-order valence-electron chi connectivity index (χ2n) is 4.61. The third-order valence-corrected chi connectivity index (χ3v) is 1.96. The average Bonchev–Trinajstić information content (AvgIpc) is 2.14. The standard InChI is InChI=1S/C10H18N4/c1-10(2,3)6-8(14-11)9-7-12-4-5-13-9/h4-5,7-8,14H,6,11H2,1-3H3. The Balaban J connectivity index is 2.73. The number of nitrogens with zero attached hydrogens (tertiary/aromatic N) is 2. The van der Waals surface area contributed by atoms with Crippen LogP contribution in [0.4, 0.5) is 0 Å². The van der Waals surface area contributed by atoms with E-state index in [1.165, 1.54) is 0 Å². The third-order valence-electron chi connectivity index (χ3n) is 1.96. The minimum atomic E-state index is 0.0729. The van der Waals surface area contributed by atoms with Crippen molar-refractivity contribution in [1.82, 2.24) is 15.4 Å². The molecule has 14 heavy (non-hydrogen) atoms. The van der Waals surface area contributed by atoms with Gasteiger partial charge in [0.1, 0.15) is 0 Å². The van der Waals surface area contributed by atoms with Crippen molar-refractivity contribution in [2.75, 3.05) is 0 Å². The molecule has 0 aromatic carbocycles. The van der Waals surface area contributed by atoms with Crippen molar-refractivity contribution >= 4 is 0 Å². The van der Waals surface area contributed by atoms with Crippen molar-refractivity contribution in [2.24, 2.45) is 11.3 Å². The van der Waals surface area contributed by atoms with E-state index >= 15 is 0 Å². The molecule has 1 rings (SSSR count). The Morgan fingerprint density at radius 2 is 2.14 bits per heavy atom. The molecule has 0 fully saturated rings. The van der Waals surface area contributed by atoms with Crippen LogP contribution in [0.25, 0.3) is 0 Å². The largest absolute Gasteiger partial charge is 0.271 e. The van der Waals surface area contributed by atoms with E-state index < -0.39 is 0 Å². The summed E-state index contributed by atoms with van der Waals surface area (Å²) in [7, 11) is 0. The minimum Gasteiger partial charge on any atom is -0.271 e. The lowest BCUT2D eigenvalue weighted by Crippen LogP contribution is -2.31. The molecular formula is C10H18N4. The van der Waals surface area contributed by atoms with E-state index in [2.05, 4.69) is 36.2 Å². The van der Waals surface area contributed by atoms with Crippen LogP contribution in [0.2, 0.25) is 0 Å². The molecule has 0 amide bonds. The Labute approximate surface area is 84.9 Å². The number of hydrogen-bond acceptors (Lipinski definition) is 4. The van der Waals surface area contributed by atoms with E-state index in [1.807, 2.05) is 0 Å². The van der Waals surface area contributed by atoms with Crippen molar-refractivity contribution in [3.05, 3.63) is 24.3 Å². The highest BCUT2D eigenvalue weighted by Gasteiger charge is 2.19. The molecule has 0 saturated carbocycles. The molecule has 1 atom stereocenters. The molecule has 0 spiro atoms. The first-order chi connectivity index (χ1) is 6.53. The normalized spacial score (nSPS) is 14.0. The molecule has 4 nitrogen and oxygen atoms in total. The van der Waals surface area contributed by atoms with E-state index in [4.69, 9.17) is 5.84 Å². The van der Waals surface area contributed by atoms with Gasteiger partial charge in [-0.3, -0.25) is 21.2 Å². The molecule has 3 N–H and O–H groups in total. The Morgan fingerprint density at radius 3 is 2.57 bits per heavy atom. The van der Waals surface area contributed by atoms with Crippen LogP contribution in [-0.2, 0) is 0 Å². The molecule has 78 valence electrons. The zero-order chi connectivity index (χ0) is 10.6. The van der Waals surface area contributed by atoms with E-state index in [0.29, 0.717) is 0 Å².